The Balaban J connectivity index is 1.72. The third-order valence-corrected chi connectivity index (χ3v) is 6.06. The van der Waals surface area contributed by atoms with E-state index in [0.717, 1.165) is 23.7 Å². The summed E-state index contributed by atoms with van der Waals surface area (Å²) in [5, 5.41) is 9.80. The normalized spacial score (nSPS) is 18.2. The Bertz CT molecular complexity index is 1080. The summed E-state index contributed by atoms with van der Waals surface area (Å²) in [6.07, 6.45) is 8.06. The summed E-state index contributed by atoms with van der Waals surface area (Å²) < 4.78 is 0. The van der Waals surface area contributed by atoms with Gasteiger partial charge in [-0.2, -0.15) is 0 Å². The van der Waals surface area contributed by atoms with Crippen LogP contribution in [0.4, 0.5) is 0 Å². The average Bonchev–Trinajstić information content (AvgIpc) is 3.19. The number of hydrogen-bond donors (Lipinski definition) is 4. The molecule has 2 aromatic rings. The zero-order valence-corrected chi connectivity index (χ0v) is 20.0. The van der Waals surface area contributed by atoms with Crippen molar-refractivity contribution in [2.45, 2.75) is 58.5 Å². The Morgan fingerprint density at radius 3 is 2.70 bits per heavy atom. The summed E-state index contributed by atoms with van der Waals surface area (Å²) in [7, 11) is 0. The second-order valence-electron chi connectivity index (χ2n) is 9.77. The summed E-state index contributed by atoms with van der Waals surface area (Å²) in [5.41, 5.74) is 0.827. The van der Waals surface area contributed by atoms with Crippen LogP contribution in [0.1, 0.15) is 56.9 Å². The number of nitrogens with one attached hydrogen (secondary N) is 4. The van der Waals surface area contributed by atoms with Crippen molar-refractivity contribution in [3.05, 3.63) is 35.0 Å². The van der Waals surface area contributed by atoms with Gasteiger partial charge in [0.2, 0.25) is 11.8 Å². The van der Waals surface area contributed by atoms with Gasteiger partial charge in [-0.3, -0.25) is 14.4 Å². The lowest BCUT2D eigenvalue weighted by molar-refractivity contribution is -0.128. The largest absolute Gasteiger partial charge is 0.356 e. The van der Waals surface area contributed by atoms with Crippen molar-refractivity contribution < 1.29 is 14.4 Å². The fourth-order valence-corrected chi connectivity index (χ4v) is 4.31. The van der Waals surface area contributed by atoms with Gasteiger partial charge < -0.3 is 20.9 Å². The van der Waals surface area contributed by atoms with Crippen LogP contribution in [0, 0.1) is 23.7 Å². The van der Waals surface area contributed by atoms with Gasteiger partial charge in [0.25, 0.3) is 5.91 Å². The molecule has 4 N–H and O–H groups in total. The van der Waals surface area contributed by atoms with E-state index >= 15 is 0 Å². The van der Waals surface area contributed by atoms with Gasteiger partial charge >= 0.3 is 0 Å². The highest BCUT2D eigenvalue weighted by Gasteiger charge is 2.30. The first kappa shape index (κ1) is 24.7. The van der Waals surface area contributed by atoms with Crippen LogP contribution in [0.2, 0.25) is 5.02 Å². The number of piperidine rings is 1. The smallest absolute Gasteiger partial charge is 0.268 e. The number of hydrogen-bond acceptors (Lipinski definition) is 3. The summed E-state index contributed by atoms with van der Waals surface area (Å²) in [6, 6.07) is 5.65. The molecule has 1 aromatic carbocycles. The number of terminal acetylenes is 1. The van der Waals surface area contributed by atoms with Crippen LogP contribution in [-0.4, -0.2) is 41.3 Å². The molecule has 3 amide bonds. The molecule has 0 spiro atoms. The number of amides is 3. The lowest BCUT2D eigenvalue weighted by Crippen LogP contribution is -2.51. The van der Waals surface area contributed by atoms with Gasteiger partial charge in [0.1, 0.15) is 11.7 Å². The molecule has 3 rings (SSSR count). The van der Waals surface area contributed by atoms with Crippen LogP contribution < -0.4 is 16.0 Å². The lowest BCUT2D eigenvalue weighted by Gasteiger charge is -2.28. The van der Waals surface area contributed by atoms with Crippen LogP contribution in [0.15, 0.2) is 24.3 Å². The predicted molar refractivity (Wildman–Crippen MR) is 130 cm³/mol. The minimum atomic E-state index is -0.796. The standard InChI is InChI=1S/C25H31ClN4O3/c1-5-16(12-15-8-7-11-27-22(15)31)28-24(33)21(14-25(2,3)4)30-23(32)20-13-17-18(26)9-6-10-19(17)29-20/h1,6,9-10,13,15-16,21,29H,7-8,11-12,14H2,2-4H3,(H,27,31)(H,28,33)(H,30,32)/t15-,16+,21-/m0/s1. The molecule has 1 aliphatic heterocycles. The number of carbonyl (C=O) groups is 3. The first-order valence-electron chi connectivity index (χ1n) is 11.2. The summed E-state index contributed by atoms with van der Waals surface area (Å²) in [6.45, 7) is 6.65. The maximum absolute atomic E-state index is 13.2. The Hall–Kier alpha value is -2.98. The molecule has 176 valence electrons. The zero-order valence-electron chi connectivity index (χ0n) is 19.3. The molecule has 1 aliphatic rings. The van der Waals surface area contributed by atoms with E-state index in [1.807, 2.05) is 26.8 Å². The van der Waals surface area contributed by atoms with Gasteiger partial charge in [0.15, 0.2) is 0 Å². The second-order valence-corrected chi connectivity index (χ2v) is 10.2. The molecule has 0 bridgehead atoms. The van der Waals surface area contributed by atoms with E-state index in [9.17, 15) is 14.4 Å². The molecular weight excluding hydrogens is 440 g/mol. The SMILES string of the molecule is C#C[C@H](C[C@@H]1CCCNC1=O)NC(=O)[C@H](CC(C)(C)C)NC(=O)c1cc2c(Cl)cccc2[nH]1. The number of rotatable bonds is 7. The number of H-pyrrole nitrogens is 1. The van der Waals surface area contributed by atoms with Crippen LogP contribution in [0.3, 0.4) is 0 Å². The number of halogens is 1. The van der Waals surface area contributed by atoms with Crippen molar-refractivity contribution in [2.24, 2.45) is 11.3 Å². The predicted octanol–water partition coefficient (Wildman–Crippen LogP) is 3.39. The highest BCUT2D eigenvalue weighted by molar-refractivity contribution is 6.35. The third kappa shape index (κ3) is 6.52. The molecular formula is C25H31ClN4O3. The van der Waals surface area contributed by atoms with Gasteiger partial charge in [-0.05, 0) is 49.3 Å². The second kappa shape index (κ2) is 10.3. The van der Waals surface area contributed by atoms with E-state index in [4.69, 9.17) is 18.0 Å². The molecule has 0 unspecified atom stereocenters. The van der Waals surface area contributed by atoms with Crippen LogP contribution in [0.5, 0.6) is 0 Å². The fraction of sp³-hybridized carbons (Fsp3) is 0.480. The Kier molecular flexibility index (Phi) is 7.70. The van der Waals surface area contributed by atoms with Crippen molar-refractivity contribution in [3.63, 3.8) is 0 Å². The van der Waals surface area contributed by atoms with E-state index in [1.54, 1.807) is 18.2 Å². The summed E-state index contributed by atoms with van der Waals surface area (Å²) in [4.78, 5) is 41.3. The van der Waals surface area contributed by atoms with Gasteiger partial charge in [-0.1, -0.05) is 44.4 Å². The van der Waals surface area contributed by atoms with Gasteiger partial charge in [0, 0.05) is 28.4 Å². The first-order chi connectivity index (χ1) is 15.6. The Morgan fingerprint density at radius 1 is 1.30 bits per heavy atom. The molecule has 8 heteroatoms. The minimum Gasteiger partial charge on any atom is -0.356 e. The number of fused-ring (bicyclic) bond motifs is 1. The van der Waals surface area contributed by atoms with Crippen molar-refractivity contribution >= 4 is 40.2 Å². The van der Waals surface area contributed by atoms with E-state index in [1.165, 1.54) is 0 Å². The Labute approximate surface area is 199 Å². The van der Waals surface area contributed by atoms with E-state index in [0.29, 0.717) is 30.1 Å². The third-order valence-electron chi connectivity index (χ3n) is 5.73. The molecule has 7 nitrogen and oxygen atoms in total. The summed E-state index contributed by atoms with van der Waals surface area (Å²) >= 11 is 6.22. The highest BCUT2D eigenvalue weighted by Crippen LogP contribution is 2.25. The molecule has 0 aliphatic carbocycles. The van der Waals surface area contributed by atoms with Crippen LogP contribution >= 0.6 is 11.6 Å². The fourth-order valence-electron chi connectivity index (χ4n) is 4.08. The van der Waals surface area contributed by atoms with Gasteiger partial charge in [-0.15, -0.1) is 6.42 Å². The highest BCUT2D eigenvalue weighted by atomic mass is 35.5. The average molecular weight is 471 g/mol. The number of carbonyl (C=O) groups excluding carboxylic acids is 3. The molecule has 1 fully saturated rings. The van der Waals surface area contributed by atoms with Crippen LogP contribution in [0.25, 0.3) is 10.9 Å². The molecule has 2 heterocycles. The van der Waals surface area contributed by atoms with Crippen molar-refractivity contribution in [1.29, 1.82) is 0 Å². The van der Waals surface area contributed by atoms with E-state index in [-0.39, 0.29) is 23.1 Å². The lowest BCUT2D eigenvalue weighted by atomic mass is 9.87. The van der Waals surface area contributed by atoms with Gasteiger partial charge in [0.05, 0.1) is 6.04 Å². The maximum Gasteiger partial charge on any atom is 0.268 e. The monoisotopic (exact) mass is 470 g/mol. The number of aromatic amines is 1. The van der Waals surface area contributed by atoms with Gasteiger partial charge in [-0.25, -0.2) is 0 Å². The van der Waals surface area contributed by atoms with Crippen molar-refractivity contribution in [2.75, 3.05) is 6.54 Å². The molecule has 3 atom stereocenters. The molecule has 33 heavy (non-hydrogen) atoms. The number of aromatic nitrogens is 1. The van der Waals surface area contributed by atoms with E-state index in [2.05, 4.69) is 26.9 Å². The van der Waals surface area contributed by atoms with E-state index < -0.39 is 18.0 Å². The molecule has 1 saturated heterocycles. The van der Waals surface area contributed by atoms with Crippen LogP contribution in [-0.2, 0) is 9.59 Å². The zero-order chi connectivity index (χ0) is 24.2. The van der Waals surface area contributed by atoms with Crippen molar-refractivity contribution in [3.8, 4) is 12.3 Å². The number of benzene rings is 1. The summed E-state index contributed by atoms with van der Waals surface area (Å²) in [5.74, 6) is 1.54. The first-order valence-corrected chi connectivity index (χ1v) is 11.6. The molecule has 0 radical (unpaired) electrons. The Morgan fingerprint density at radius 2 is 2.06 bits per heavy atom. The van der Waals surface area contributed by atoms with Crippen molar-refractivity contribution in [1.82, 2.24) is 20.9 Å². The maximum atomic E-state index is 13.2. The molecule has 0 saturated carbocycles. The topological polar surface area (TPSA) is 103 Å². The minimum absolute atomic E-state index is 0.0345. The molecule has 1 aromatic heterocycles. The quantitative estimate of drug-likeness (QED) is 0.466.